The number of nitrogens with zero attached hydrogens (tertiary/aromatic N) is 2. The van der Waals surface area contributed by atoms with Crippen LogP contribution in [0.2, 0.25) is 0 Å². The van der Waals surface area contributed by atoms with E-state index >= 15 is 0 Å². The summed E-state index contributed by atoms with van der Waals surface area (Å²) in [5, 5.41) is 6.41. The summed E-state index contributed by atoms with van der Waals surface area (Å²) in [6.07, 6.45) is 2.72. The quantitative estimate of drug-likeness (QED) is 0.846. The summed E-state index contributed by atoms with van der Waals surface area (Å²) in [7, 11) is 0. The molecule has 0 aliphatic heterocycles. The zero-order valence-electron chi connectivity index (χ0n) is 12.7. The van der Waals surface area contributed by atoms with E-state index in [0.717, 1.165) is 24.3 Å². The second kappa shape index (κ2) is 7.02. The first-order valence-corrected chi connectivity index (χ1v) is 7.19. The zero-order valence-corrected chi connectivity index (χ0v) is 12.7. The van der Waals surface area contributed by atoms with Gasteiger partial charge in [-0.1, -0.05) is 19.1 Å². The zero-order chi connectivity index (χ0) is 15.2. The van der Waals surface area contributed by atoms with Crippen molar-refractivity contribution in [2.45, 2.75) is 33.2 Å². The first kappa shape index (κ1) is 15.2. The summed E-state index contributed by atoms with van der Waals surface area (Å²) in [6, 6.07) is 7.04. The van der Waals surface area contributed by atoms with Crippen LogP contribution < -0.4 is 10.6 Å². The van der Waals surface area contributed by atoms with E-state index in [1.807, 2.05) is 13.0 Å². The lowest BCUT2D eigenvalue weighted by Crippen LogP contribution is -2.10. The van der Waals surface area contributed by atoms with Crippen LogP contribution >= 0.6 is 0 Å². The van der Waals surface area contributed by atoms with Gasteiger partial charge in [0.25, 0.3) is 0 Å². The Labute approximate surface area is 124 Å². The average Bonchev–Trinajstić information content (AvgIpc) is 2.48. The molecule has 2 aromatic rings. The van der Waals surface area contributed by atoms with Crippen LogP contribution in [0.5, 0.6) is 0 Å². The number of hydrogen-bond donors (Lipinski definition) is 2. The van der Waals surface area contributed by atoms with Gasteiger partial charge in [0.15, 0.2) is 0 Å². The summed E-state index contributed by atoms with van der Waals surface area (Å²) in [5.41, 5.74) is 1.54. The van der Waals surface area contributed by atoms with Crippen molar-refractivity contribution in [1.82, 2.24) is 9.97 Å². The van der Waals surface area contributed by atoms with E-state index in [1.165, 1.54) is 0 Å². The fourth-order valence-corrected chi connectivity index (χ4v) is 1.94. The smallest absolute Gasteiger partial charge is 0.224 e. The van der Waals surface area contributed by atoms with Crippen molar-refractivity contribution in [2.75, 3.05) is 17.2 Å². The van der Waals surface area contributed by atoms with Crippen LogP contribution in [0.3, 0.4) is 0 Å². The molecule has 1 aromatic heterocycles. The summed E-state index contributed by atoms with van der Waals surface area (Å²) < 4.78 is 13.6. The Bertz CT molecular complexity index is 601. The summed E-state index contributed by atoms with van der Waals surface area (Å²) in [5.74, 6) is 1.13. The molecule has 1 atom stereocenters. The van der Waals surface area contributed by atoms with Gasteiger partial charge in [0.05, 0.1) is 6.04 Å². The highest BCUT2D eigenvalue weighted by Crippen LogP contribution is 2.20. The van der Waals surface area contributed by atoms with Crippen molar-refractivity contribution in [3.63, 3.8) is 0 Å². The van der Waals surface area contributed by atoms with Gasteiger partial charge in [-0.05, 0) is 43.5 Å². The average molecular weight is 288 g/mol. The lowest BCUT2D eigenvalue weighted by molar-refractivity contribution is 0.614. The largest absolute Gasteiger partial charge is 0.363 e. The molecule has 0 saturated carbocycles. The van der Waals surface area contributed by atoms with Crippen molar-refractivity contribution < 1.29 is 4.39 Å². The molecular weight excluding hydrogens is 267 g/mol. The van der Waals surface area contributed by atoms with Crippen LogP contribution in [0, 0.1) is 12.7 Å². The van der Waals surface area contributed by atoms with E-state index in [4.69, 9.17) is 0 Å². The van der Waals surface area contributed by atoms with Crippen LogP contribution in [-0.2, 0) is 0 Å². The van der Waals surface area contributed by atoms with Crippen molar-refractivity contribution in [2.24, 2.45) is 0 Å². The Hall–Kier alpha value is -2.17. The first-order valence-electron chi connectivity index (χ1n) is 7.19. The van der Waals surface area contributed by atoms with Gasteiger partial charge in [0, 0.05) is 12.7 Å². The fraction of sp³-hybridized carbons (Fsp3) is 0.375. The minimum absolute atomic E-state index is 0.0333. The topological polar surface area (TPSA) is 49.8 Å². The maximum atomic E-state index is 13.6. The highest BCUT2D eigenvalue weighted by Gasteiger charge is 2.09. The number of anilines is 2. The Morgan fingerprint density at radius 1 is 1.29 bits per heavy atom. The predicted octanol–water partition coefficient (Wildman–Crippen LogP) is 3.92. The van der Waals surface area contributed by atoms with Crippen molar-refractivity contribution in [1.29, 1.82) is 0 Å². The molecule has 0 radical (unpaired) electrons. The van der Waals surface area contributed by atoms with Gasteiger partial charge >= 0.3 is 0 Å². The molecular formula is C16H21FN4. The third-order valence-electron chi connectivity index (χ3n) is 3.25. The first-order chi connectivity index (χ1) is 10.1. The molecule has 0 saturated heterocycles. The SMILES string of the molecule is CCCNc1nccc(NC(C)c2ccc(C)c(F)c2)n1. The van der Waals surface area contributed by atoms with Gasteiger partial charge in [0.1, 0.15) is 11.6 Å². The Kier molecular flexibility index (Phi) is 5.09. The van der Waals surface area contributed by atoms with Gasteiger partial charge < -0.3 is 10.6 Å². The molecule has 2 rings (SSSR count). The van der Waals surface area contributed by atoms with E-state index in [9.17, 15) is 4.39 Å². The highest BCUT2D eigenvalue weighted by molar-refractivity contribution is 5.42. The van der Waals surface area contributed by atoms with E-state index in [2.05, 4.69) is 27.5 Å². The summed E-state index contributed by atoms with van der Waals surface area (Å²) in [6.45, 7) is 6.66. The molecule has 0 spiro atoms. The third-order valence-corrected chi connectivity index (χ3v) is 3.25. The van der Waals surface area contributed by atoms with Crippen molar-refractivity contribution >= 4 is 11.8 Å². The predicted molar refractivity (Wildman–Crippen MR) is 84.0 cm³/mol. The Balaban J connectivity index is 2.07. The van der Waals surface area contributed by atoms with Crippen molar-refractivity contribution in [3.8, 4) is 0 Å². The molecule has 0 bridgehead atoms. The molecule has 4 nitrogen and oxygen atoms in total. The van der Waals surface area contributed by atoms with Crippen LogP contribution in [-0.4, -0.2) is 16.5 Å². The molecule has 0 fully saturated rings. The van der Waals surface area contributed by atoms with E-state index < -0.39 is 0 Å². The van der Waals surface area contributed by atoms with Crippen molar-refractivity contribution in [3.05, 3.63) is 47.4 Å². The Morgan fingerprint density at radius 3 is 2.81 bits per heavy atom. The maximum absolute atomic E-state index is 13.6. The van der Waals surface area contributed by atoms with E-state index in [-0.39, 0.29) is 11.9 Å². The van der Waals surface area contributed by atoms with Crippen LogP contribution in [0.4, 0.5) is 16.2 Å². The molecule has 1 aromatic carbocycles. The normalized spacial score (nSPS) is 12.0. The molecule has 21 heavy (non-hydrogen) atoms. The third kappa shape index (κ3) is 4.15. The fourth-order valence-electron chi connectivity index (χ4n) is 1.94. The lowest BCUT2D eigenvalue weighted by Gasteiger charge is -2.16. The second-order valence-electron chi connectivity index (χ2n) is 5.07. The standard InChI is InChI=1S/C16H21FN4/c1-4-8-18-16-19-9-7-15(21-16)20-12(3)13-6-5-11(2)14(17)10-13/h5-7,9-10,12H,4,8H2,1-3H3,(H2,18,19,20,21). The van der Waals surface area contributed by atoms with Crippen LogP contribution in [0.1, 0.15) is 37.4 Å². The van der Waals surface area contributed by atoms with Crippen LogP contribution in [0.25, 0.3) is 0 Å². The monoisotopic (exact) mass is 288 g/mol. The van der Waals surface area contributed by atoms with Gasteiger partial charge in [-0.15, -0.1) is 0 Å². The molecule has 1 heterocycles. The Morgan fingerprint density at radius 2 is 2.10 bits per heavy atom. The molecule has 0 aliphatic rings. The maximum Gasteiger partial charge on any atom is 0.224 e. The number of halogens is 1. The summed E-state index contributed by atoms with van der Waals surface area (Å²) >= 11 is 0. The number of hydrogen-bond acceptors (Lipinski definition) is 4. The van der Waals surface area contributed by atoms with Gasteiger partial charge in [0.2, 0.25) is 5.95 Å². The minimum atomic E-state index is -0.186. The van der Waals surface area contributed by atoms with Gasteiger partial charge in [-0.3, -0.25) is 0 Å². The number of aromatic nitrogens is 2. The molecule has 5 heteroatoms. The number of benzene rings is 1. The molecule has 0 amide bonds. The number of nitrogens with one attached hydrogen (secondary N) is 2. The van der Waals surface area contributed by atoms with E-state index in [0.29, 0.717) is 11.5 Å². The number of rotatable bonds is 6. The second-order valence-corrected chi connectivity index (χ2v) is 5.07. The highest BCUT2D eigenvalue weighted by atomic mass is 19.1. The molecule has 1 unspecified atom stereocenters. The molecule has 112 valence electrons. The molecule has 0 aliphatic carbocycles. The van der Waals surface area contributed by atoms with Gasteiger partial charge in [-0.25, -0.2) is 9.37 Å². The number of aryl methyl sites for hydroxylation is 1. The van der Waals surface area contributed by atoms with Gasteiger partial charge in [-0.2, -0.15) is 4.98 Å². The lowest BCUT2D eigenvalue weighted by atomic mass is 10.1. The van der Waals surface area contributed by atoms with Crippen LogP contribution in [0.15, 0.2) is 30.5 Å². The molecule has 2 N–H and O–H groups in total. The van der Waals surface area contributed by atoms with E-state index in [1.54, 1.807) is 31.3 Å². The summed E-state index contributed by atoms with van der Waals surface area (Å²) in [4.78, 5) is 8.55. The minimum Gasteiger partial charge on any atom is -0.363 e.